The van der Waals surface area contributed by atoms with Gasteiger partial charge in [0.25, 0.3) is 0 Å². The van der Waals surface area contributed by atoms with Crippen molar-refractivity contribution in [2.45, 2.75) is 101 Å². The van der Waals surface area contributed by atoms with E-state index in [1.54, 1.807) is 77.4 Å². The van der Waals surface area contributed by atoms with E-state index in [4.69, 9.17) is 0 Å². The summed E-state index contributed by atoms with van der Waals surface area (Å²) in [7, 11) is -0.602. The van der Waals surface area contributed by atoms with Crippen molar-refractivity contribution in [2.24, 2.45) is 11.8 Å². The van der Waals surface area contributed by atoms with Gasteiger partial charge < -0.3 is 0 Å². The Hall–Kier alpha value is -3.04. The Labute approximate surface area is 314 Å². The number of benzene rings is 5. The molecule has 0 fully saturated rings. The summed E-state index contributed by atoms with van der Waals surface area (Å²) in [5.41, 5.74) is 20.5. The van der Waals surface area contributed by atoms with Crippen LogP contribution in [-0.2, 0) is 50.8 Å². The highest BCUT2D eigenvalue weighted by molar-refractivity contribution is 7.71. The molecule has 5 aromatic rings. The van der Waals surface area contributed by atoms with E-state index in [0.717, 1.165) is 11.8 Å². The molecule has 0 saturated heterocycles. The van der Waals surface area contributed by atoms with E-state index in [0.29, 0.717) is 11.8 Å². The van der Waals surface area contributed by atoms with E-state index in [1.165, 1.54) is 102 Å². The van der Waals surface area contributed by atoms with Gasteiger partial charge in [-0.25, -0.2) is 0 Å². The zero-order valence-electron chi connectivity index (χ0n) is 30.8. The molecular formula is C50H52P2. The minimum Gasteiger partial charge on any atom is -0.0698 e. The summed E-state index contributed by atoms with van der Waals surface area (Å²) in [6, 6.07) is 39.6. The van der Waals surface area contributed by atoms with Gasteiger partial charge in [0.1, 0.15) is 0 Å². The van der Waals surface area contributed by atoms with Crippen molar-refractivity contribution in [2.75, 3.05) is 12.3 Å². The third kappa shape index (κ3) is 5.37. The maximum absolute atomic E-state index is 2.63. The van der Waals surface area contributed by atoms with Gasteiger partial charge in [-0.05, 0) is 191 Å². The Kier molecular flexibility index (Phi) is 8.33. The molecule has 0 spiro atoms. The normalized spacial score (nSPS) is 27.2. The van der Waals surface area contributed by atoms with Crippen LogP contribution in [-0.4, -0.2) is 12.3 Å². The van der Waals surface area contributed by atoms with Gasteiger partial charge in [-0.1, -0.05) is 113 Å². The van der Waals surface area contributed by atoms with Crippen molar-refractivity contribution < 1.29 is 0 Å². The molecule has 0 N–H and O–H groups in total. The van der Waals surface area contributed by atoms with Gasteiger partial charge in [0.05, 0.1) is 0 Å². The molecule has 0 amide bonds. The van der Waals surface area contributed by atoms with Crippen LogP contribution < -0.4 is 10.6 Å². The maximum Gasteiger partial charge on any atom is 0.0130 e. The average Bonchev–Trinajstić information content (AvgIpc) is 3.49. The molecule has 4 unspecified atom stereocenters. The number of hydrogen-bond donors (Lipinski definition) is 0. The molecule has 2 heterocycles. The van der Waals surface area contributed by atoms with Crippen LogP contribution in [0.3, 0.4) is 0 Å². The maximum atomic E-state index is 2.63. The fraction of sp³-hybridized carbons (Fsp3) is 0.400. The molecule has 0 bridgehead atoms. The average molecular weight is 715 g/mol. The topological polar surface area (TPSA) is 0 Å². The summed E-state index contributed by atoms with van der Waals surface area (Å²) in [6.45, 7) is 0. The molecular weight excluding hydrogens is 662 g/mol. The van der Waals surface area contributed by atoms with Gasteiger partial charge >= 0.3 is 0 Å². The molecule has 52 heavy (non-hydrogen) atoms. The van der Waals surface area contributed by atoms with Gasteiger partial charge in [-0.2, -0.15) is 0 Å². The van der Waals surface area contributed by atoms with E-state index < -0.39 is 0 Å². The van der Waals surface area contributed by atoms with Crippen LogP contribution >= 0.6 is 15.8 Å². The summed E-state index contributed by atoms with van der Waals surface area (Å²) in [6.07, 6.45) is 21.1. The van der Waals surface area contributed by atoms with Crippen molar-refractivity contribution in [1.82, 2.24) is 0 Å². The predicted octanol–water partition coefficient (Wildman–Crippen LogP) is 11.5. The standard InChI is InChI=1S/C50H52P2/c1-5-15-41-33(11-1)21-25-37-29-51(30-38-26-22-34-12-2-6-16-42(34)48(38)47(37)41)45-19-9-10-20-46(45)52-31-39-27-23-35-13-3-7-17-43(35)49(39)50-40(32-52)28-24-36-14-4-8-18-44(36)50/h1,3,5,7,9-11,13,15,17,19-20,22,24,26,28,37,39,47,49H,2,4,6,8,12,14,16,18,21,23,25,27,29-32H2/t37-,39-,47?,49?,51?,52?/m1/s1. The Bertz CT molecular complexity index is 2020. The smallest absolute Gasteiger partial charge is 0.0130 e. The lowest BCUT2D eigenvalue weighted by atomic mass is 9.69. The molecule has 11 rings (SSSR count). The molecule has 0 nitrogen and oxygen atoms in total. The van der Waals surface area contributed by atoms with Crippen molar-refractivity contribution in [3.8, 4) is 0 Å². The van der Waals surface area contributed by atoms with E-state index in [2.05, 4.69) is 97.1 Å². The molecule has 6 aliphatic rings. The van der Waals surface area contributed by atoms with Gasteiger partial charge in [0.2, 0.25) is 0 Å². The molecule has 0 aromatic heterocycles. The van der Waals surface area contributed by atoms with Gasteiger partial charge in [-0.15, -0.1) is 0 Å². The number of aryl methyl sites for hydroxylation is 4. The monoisotopic (exact) mass is 714 g/mol. The quantitative estimate of drug-likeness (QED) is 0.160. The van der Waals surface area contributed by atoms with E-state index >= 15 is 0 Å². The van der Waals surface area contributed by atoms with Crippen LogP contribution in [0.15, 0.2) is 97.1 Å². The summed E-state index contributed by atoms with van der Waals surface area (Å²) in [4.78, 5) is 0. The van der Waals surface area contributed by atoms with E-state index in [-0.39, 0.29) is 15.8 Å². The van der Waals surface area contributed by atoms with Crippen molar-refractivity contribution in [1.29, 1.82) is 0 Å². The SMILES string of the molecule is c1ccc2c(c1)CC[C@@H]1CP(c3ccccc3P3Cc4ccc5c(c4C4c6ccccc6CC[C@@H]4C3)CCCC5)Cc3ccc4c(c3C21)CCCC4. The van der Waals surface area contributed by atoms with Crippen LogP contribution in [0.25, 0.3) is 0 Å². The fourth-order valence-corrected chi connectivity index (χ4v) is 18.7. The summed E-state index contributed by atoms with van der Waals surface area (Å²) >= 11 is 0. The first kappa shape index (κ1) is 32.4. The molecule has 5 aromatic carbocycles. The predicted molar refractivity (Wildman–Crippen MR) is 223 cm³/mol. The zero-order chi connectivity index (χ0) is 34.2. The molecule has 262 valence electrons. The Morgan fingerprint density at radius 3 is 1.31 bits per heavy atom. The summed E-state index contributed by atoms with van der Waals surface area (Å²) in [5, 5.41) is 3.56. The highest BCUT2D eigenvalue weighted by atomic mass is 31.1. The highest BCUT2D eigenvalue weighted by Crippen LogP contribution is 2.59. The third-order valence-electron chi connectivity index (χ3n) is 14.4. The van der Waals surface area contributed by atoms with Crippen LogP contribution in [0.5, 0.6) is 0 Å². The summed E-state index contributed by atoms with van der Waals surface area (Å²) in [5.74, 6) is 2.66. The number of hydrogen-bond acceptors (Lipinski definition) is 0. The van der Waals surface area contributed by atoms with Gasteiger partial charge in [0, 0.05) is 11.8 Å². The minimum absolute atomic E-state index is 0.301. The highest BCUT2D eigenvalue weighted by Gasteiger charge is 2.42. The van der Waals surface area contributed by atoms with Crippen molar-refractivity contribution >= 4 is 26.5 Å². The Balaban J connectivity index is 1.03. The largest absolute Gasteiger partial charge is 0.0698 e. The fourth-order valence-electron chi connectivity index (χ4n) is 12.2. The van der Waals surface area contributed by atoms with Crippen molar-refractivity contribution in [3.63, 3.8) is 0 Å². The first-order chi connectivity index (χ1) is 25.8. The molecule has 2 aliphatic heterocycles. The van der Waals surface area contributed by atoms with E-state index in [9.17, 15) is 0 Å². The first-order valence-electron chi connectivity index (χ1n) is 20.8. The van der Waals surface area contributed by atoms with Crippen molar-refractivity contribution in [3.05, 3.63) is 164 Å². The molecule has 2 heteroatoms. The Morgan fingerprint density at radius 1 is 0.385 bits per heavy atom. The second-order valence-electron chi connectivity index (χ2n) is 17.2. The lowest BCUT2D eigenvalue weighted by Crippen LogP contribution is -2.29. The first-order valence-corrected chi connectivity index (χ1v) is 24.2. The molecule has 0 radical (unpaired) electrons. The molecule has 4 aliphatic carbocycles. The zero-order valence-corrected chi connectivity index (χ0v) is 32.5. The number of rotatable bonds is 2. The van der Waals surface area contributed by atoms with E-state index in [1.807, 2.05) is 0 Å². The molecule has 6 atom stereocenters. The third-order valence-corrected chi connectivity index (χ3v) is 20.0. The lowest BCUT2D eigenvalue weighted by molar-refractivity contribution is 0.449. The second-order valence-corrected chi connectivity index (χ2v) is 21.7. The van der Waals surface area contributed by atoms with Gasteiger partial charge in [0.15, 0.2) is 0 Å². The lowest BCUT2D eigenvalue weighted by Gasteiger charge is -2.37. The van der Waals surface area contributed by atoms with Crippen LogP contribution in [0.1, 0.15) is 117 Å². The Morgan fingerprint density at radius 2 is 0.808 bits per heavy atom. The van der Waals surface area contributed by atoms with Gasteiger partial charge in [-0.3, -0.25) is 0 Å². The number of fused-ring (bicyclic) bond motifs is 14. The van der Waals surface area contributed by atoms with Crippen LogP contribution in [0, 0.1) is 11.8 Å². The summed E-state index contributed by atoms with van der Waals surface area (Å²) < 4.78 is 0. The minimum atomic E-state index is -0.301. The van der Waals surface area contributed by atoms with Crippen LogP contribution in [0.2, 0.25) is 0 Å². The van der Waals surface area contributed by atoms with Crippen LogP contribution in [0.4, 0.5) is 0 Å². The molecule has 0 saturated carbocycles. The second kappa shape index (κ2) is 13.4.